The molecule has 1 aliphatic rings. The molecular formula is C10H13N5O3. The van der Waals surface area contributed by atoms with Crippen LogP contribution in [0.15, 0.2) is 12.7 Å². The second kappa shape index (κ2) is 4.16. The third-order valence-corrected chi connectivity index (χ3v) is 3.03. The molecule has 3 atom stereocenters. The van der Waals surface area contributed by atoms with Crippen LogP contribution in [0.1, 0.15) is 12.6 Å². The van der Waals surface area contributed by atoms with E-state index in [-0.39, 0.29) is 18.5 Å². The summed E-state index contributed by atoms with van der Waals surface area (Å²) in [6.45, 7) is -0.128. The number of rotatable bonds is 2. The Balaban J connectivity index is 2.02. The van der Waals surface area contributed by atoms with Gasteiger partial charge in [0.25, 0.3) is 0 Å². The van der Waals surface area contributed by atoms with Gasteiger partial charge in [0, 0.05) is 6.42 Å². The molecule has 8 nitrogen and oxygen atoms in total. The van der Waals surface area contributed by atoms with E-state index < -0.39 is 12.3 Å². The number of hydrogen-bond donors (Lipinski definition) is 3. The van der Waals surface area contributed by atoms with E-state index in [4.69, 9.17) is 15.6 Å². The molecule has 3 rings (SSSR count). The molecule has 0 saturated carbocycles. The van der Waals surface area contributed by atoms with Gasteiger partial charge in [-0.15, -0.1) is 0 Å². The van der Waals surface area contributed by atoms with E-state index in [0.717, 1.165) is 0 Å². The van der Waals surface area contributed by atoms with Crippen molar-refractivity contribution in [2.45, 2.75) is 24.9 Å². The van der Waals surface area contributed by atoms with Gasteiger partial charge in [0.1, 0.15) is 17.9 Å². The van der Waals surface area contributed by atoms with Crippen molar-refractivity contribution in [3.63, 3.8) is 0 Å². The number of aliphatic hydroxyl groups excluding tert-OH is 2. The summed E-state index contributed by atoms with van der Waals surface area (Å²) in [4.78, 5) is 12.0. The van der Waals surface area contributed by atoms with Crippen LogP contribution in [0.4, 0.5) is 5.82 Å². The molecule has 0 spiro atoms. The first-order valence-corrected chi connectivity index (χ1v) is 5.58. The van der Waals surface area contributed by atoms with E-state index in [0.29, 0.717) is 17.6 Å². The minimum Gasteiger partial charge on any atom is -0.394 e. The van der Waals surface area contributed by atoms with E-state index in [1.165, 1.54) is 12.7 Å². The van der Waals surface area contributed by atoms with Gasteiger partial charge in [-0.25, -0.2) is 15.0 Å². The molecule has 0 aliphatic carbocycles. The summed E-state index contributed by atoms with van der Waals surface area (Å²) >= 11 is 0. The number of nitrogens with zero attached hydrogens (tertiary/aromatic N) is 4. The molecule has 1 fully saturated rings. The molecule has 0 amide bonds. The summed E-state index contributed by atoms with van der Waals surface area (Å²) < 4.78 is 7.14. The van der Waals surface area contributed by atoms with Gasteiger partial charge in [0.05, 0.1) is 19.0 Å². The number of nitrogens with two attached hydrogens (primary N) is 1. The molecule has 8 heteroatoms. The quantitative estimate of drug-likeness (QED) is 0.629. The van der Waals surface area contributed by atoms with Crippen LogP contribution in [0.3, 0.4) is 0 Å². The van der Waals surface area contributed by atoms with Crippen molar-refractivity contribution in [2.24, 2.45) is 0 Å². The average Bonchev–Trinajstić information content (AvgIpc) is 2.93. The number of anilines is 1. The Morgan fingerprint density at radius 2 is 2.28 bits per heavy atom. The van der Waals surface area contributed by atoms with Crippen molar-refractivity contribution < 1.29 is 14.9 Å². The summed E-state index contributed by atoms with van der Waals surface area (Å²) in [5.74, 6) is 0.282. The van der Waals surface area contributed by atoms with Crippen LogP contribution in [0, 0.1) is 0 Å². The minimum absolute atomic E-state index is 0.128. The second-order valence-corrected chi connectivity index (χ2v) is 4.22. The van der Waals surface area contributed by atoms with Gasteiger partial charge in [-0.1, -0.05) is 0 Å². The van der Waals surface area contributed by atoms with Gasteiger partial charge < -0.3 is 20.7 Å². The summed E-state index contributed by atoms with van der Waals surface area (Å²) in [5, 5.41) is 19.0. The molecule has 2 unspecified atom stereocenters. The molecule has 96 valence electrons. The fraction of sp³-hybridized carbons (Fsp3) is 0.500. The molecule has 2 aromatic heterocycles. The Labute approximate surface area is 102 Å². The summed E-state index contributed by atoms with van der Waals surface area (Å²) in [5.41, 5.74) is 6.66. The SMILES string of the molecule is Nc1ncnc2c1ncn2C1OC(CO)C[C@H]1O. The molecule has 0 bridgehead atoms. The van der Waals surface area contributed by atoms with Gasteiger partial charge >= 0.3 is 0 Å². The van der Waals surface area contributed by atoms with Crippen LogP contribution in [0.5, 0.6) is 0 Å². The van der Waals surface area contributed by atoms with Crippen LogP contribution < -0.4 is 5.73 Å². The highest BCUT2D eigenvalue weighted by atomic mass is 16.5. The van der Waals surface area contributed by atoms with Gasteiger partial charge in [0.2, 0.25) is 0 Å². The summed E-state index contributed by atoms with van der Waals surface area (Å²) in [6, 6.07) is 0. The maximum Gasteiger partial charge on any atom is 0.167 e. The number of ether oxygens (including phenoxy) is 1. The van der Waals surface area contributed by atoms with Crippen molar-refractivity contribution in [3.8, 4) is 0 Å². The zero-order valence-electron chi connectivity index (χ0n) is 9.47. The fourth-order valence-corrected chi connectivity index (χ4v) is 2.15. The lowest BCUT2D eigenvalue weighted by Crippen LogP contribution is -2.19. The Hall–Kier alpha value is -1.77. The number of hydrogen-bond acceptors (Lipinski definition) is 7. The molecular weight excluding hydrogens is 238 g/mol. The van der Waals surface area contributed by atoms with Gasteiger partial charge in [0.15, 0.2) is 17.7 Å². The van der Waals surface area contributed by atoms with Crippen molar-refractivity contribution >= 4 is 17.0 Å². The first kappa shape index (κ1) is 11.3. The molecule has 3 heterocycles. The average molecular weight is 251 g/mol. The maximum atomic E-state index is 9.93. The molecule has 1 aliphatic heterocycles. The van der Waals surface area contributed by atoms with E-state index in [2.05, 4.69) is 15.0 Å². The Morgan fingerprint density at radius 3 is 3.00 bits per heavy atom. The van der Waals surface area contributed by atoms with Gasteiger partial charge in [-0.05, 0) is 0 Å². The Morgan fingerprint density at radius 1 is 1.44 bits per heavy atom. The molecule has 0 radical (unpaired) electrons. The number of aromatic nitrogens is 4. The molecule has 2 aromatic rings. The van der Waals surface area contributed by atoms with E-state index in [1.54, 1.807) is 4.57 Å². The van der Waals surface area contributed by atoms with Crippen LogP contribution in [-0.4, -0.2) is 48.5 Å². The largest absolute Gasteiger partial charge is 0.394 e. The first-order valence-electron chi connectivity index (χ1n) is 5.58. The zero-order chi connectivity index (χ0) is 12.7. The Kier molecular flexibility index (Phi) is 2.62. The van der Waals surface area contributed by atoms with Crippen LogP contribution >= 0.6 is 0 Å². The minimum atomic E-state index is -0.712. The second-order valence-electron chi connectivity index (χ2n) is 4.22. The monoisotopic (exact) mass is 251 g/mol. The fourth-order valence-electron chi connectivity index (χ4n) is 2.15. The molecule has 1 saturated heterocycles. The van der Waals surface area contributed by atoms with Crippen molar-refractivity contribution in [1.29, 1.82) is 0 Å². The highest BCUT2D eigenvalue weighted by Gasteiger charge is 2.35. The van der Waals surface area contributed by atoms with E-state index in [9.17, 15) is 5.11 Å². The number of nitrogen functional groups attached to an aromatic ring is 1. The summed E-state index contributed by atoms with van der Waals surface area (Å²) in [6.07, 6.45) is 1.52. The van der Waals surface area contributed by atoms with Crippen molar-refractivity contribution in [3.05, 3.63) is 12.7 Å². The van der Waals surface area contributed by atoms with Gasteiger partial charge in [-0.2, -0.15) is 0 Å². The van der Waals surface area contributed by atoms with Crippen molar-refractivity contribution in [1.82, 2.24) is 19.5 Å². The lowest BCUT2D eigenvalue weighted by molar-refractivity contribution is -0.0486. The first-order chi connectivity index (χ1) is 8.70. The molecule has 18 heavy (non-hydrogen) atoms. The Bertz CT molecular complexity index is 572. The van der Waals surface area contributed by atoms with E-state index >= 15 is 0 Å². The highest BCUT2D eigenvalue weighted by Crippen LogP contribution is 2.31. The highest BCUT2D eigenvalue weighted by molar-refractivity contribution is 5.81. The van der Waals surface area contributed by atoms with Gasteiger partial charge in [-0.3, -0.25) is 4.57 Å². The van der Waals surface area contributed by atoms with Crippen LogP contribution in [-0.2, 0) is 4.74 Å². The predicted molar refractivity (Wildman–Crippen MR) is 61.4 cm³/mol. The number of fused-ring (bicyclic) bond motifs is 1. The lowest BCUT2D eigenvalue weighted by Gasteiger charge is -2.16. The number of aliphatic hydroxyl groups is 2. The number of imidazole rings is 1. The summed E-state index contributed by atoms with van der Waals surface area (Å²) in [7, 11) is 0. The zero-order valence-corrected chi connectivity index (χ0v) is 9.47. The van der Waals surface area contributed by atoms with E-state index in [1.807, 2.05) is 0 Å². The standard InChI is InChI=1S/C10H13N5O3/c11-8-7-9(13-3-12-8)15(4-14-7)10-6(17)1-5(2-16)18-10/h3-6,10,16-17H,1-2H2,(H2,11,12,13)/t5?,6-,10?/m1/s1. The predicted octanol–water partition coefficient (Wildman–Crippen LogP) is -0.951. The van der Waals surface area contributed by atoms with Crippen LogP contribution in [0.2, 0.25) is 0 Å². The van der Waals surface area contributed by atoms with Crippen LogP contribution in [0.25, 0.3) is 11.2 Å². The third kappa shape index (κ3) is 1.62. The maximum absolute atomic E-state index is 9.93. The van der Waals surface area contributed by atoms with Crippen molar-refractivity contribution in [2.75, 3.05) is 12.3 Å². The normalized spacial score (nSPS) is 28.0. The topological polar surface area (TPSA) is 119 Å². The smallest absolute Gasteiger partial charge is 0.167 e. The molecule has 0 aromatic carbocycles. The molecule has 4 N–H and O–H groups in total. The lowest BCUT2D eigenvalue weighted by atomic mass is 10.2. The third-order valence-electron chi connectivity index (χ3n) is 3.03.